The van der Waals surface area contributed by atoms with Crippen molar-refractivity contribution in [2.45, 2.75) is 38.4 Å². The minimum atomic E-state index is -0.267. The van der Waals surface area contributed by atoms with Crippen LogP contribution in [0.25, 0.3) is 11.4 Å². The van der Waals surface area contributed by atoms with Gasteiger partial charge in [-0.25, -0.2) is 0 Å². The number of carbonyl (C=O) groups is 2. The van der Waals surface area contributed by atoms with Crippen LogP contribution in [0, 0.1) is 12.8 Å². The quantitative estimate of drug-likeness (QED) is 0.766. The lowest BCUT2D eigenvalue weighted by molar-refractivity contribution is -0.132. The Kier molecular flexibility index (Phi) is 6.15. The number of aromatic nitrogens is 3. The van der Waals surface area contributed by atoms with E-state index >= 15 is 0 Å². The fourth-order valence-electron chi connectivity index (χ4n) is 3.31. The highest BCUT2D eigenvalue weighted by molar-refractivity contribution is 7.99. The van der Waals surface area contributed by atoms with E-state index in [1.165, 1.54) is 17.3 Å². The fourth-order valence-corrected chi connectivity index (χ4v) is 4.21. The molecular formula is C19H25N5O2S. The lowest BCUT2D eigenvalue weighted by Crippen LogP contribution is -2.42. The van der Waals surface area contributed by atoms with Crippen molar-refractivity contribution in [1.82, 2.24) is 19.7 Å². The zero-order chi connectivity index (χ0) is 19.4. The Morgan fingerprint density at radius 2 is 2.00 bits per heavy atom. The molecule has 7 nitrogen and oxygen atoms in total. The number of benzene rings is 1. The average Bonchev–Trinajstić information content (AvgIpc) is 3.09. The van der Waals surface area contributed by atoms with Gasteiger partial charge in [0.1, 0.15) is 0 Å². The molecule has 0 saturated carbocycles. The van der Waals surface area contributed by atoms with E-state index in [4.69, 9.17) is 5.73 Å². The highest BCUT2D eigenvalue weighted by Crippen LogP contribution is 2.25. The van der Waals surface area contributed by atoms with Crippen LogP contribution in [-0.2, 0) is 16.1 Å². The predicted molar refractivity (Wildman–Crippen MR) is 105 cm³/mol. The normalized spacial score (nSPS) is 15.1. The minimum absolute atomic E-state index is 0.0608. The average molecular weight is 388 g/mol. The van der Waals surface area contributed by atoms with E-state index in [1.807, 2.05) is 36.6 Å². The highest BCUT2D eigenvalue weighted by atomic mass is 32.2. The second-order valence-corrected chi connectivity index (χ2v) is 7.71. The van der Waals surface area contributed by atoms with Gasteiger partial charge in [-0.1, -0.05) is 35.5 Å². The molecule has 1 aliphatic heterocycles. The van der Waals surface area contributed by atoms with E-state index in [1.54, 1.807) is 4.90 Å². The molecule has 2 heterocycles. The molecule has 0 spiro atoms. The molecule has 1 fully saturated rings. The molecule has 0 bridgehead atoms. The summed E-state index contributed by atoms with van der Waals surface area (Å²) in [5.41, 5.74) is 7.54. The van der Waals surface area contributed by atoms with Crippen LogP contribution in [0.3, 0.4) is 0 Å². The van der Waals surface area contributed by atoms with Crippen LogP contribution in [0.5, 0.6) is 0 Å². The molecule has 1 aromatic heterocycles. The number of carbonyl (C=O) groups excluding carboxylic acids is 2. The Hall–Kier alpha value is -2.35. The molecule has 0 aliphatic carbocycles. The van der Waals surface area contributed by atoms with Crippen molar-refractivity contribution in [2.75, 3.05) is 18.8 Å². The maximum Gasteiger partial charge on any atom is 0.233 e. The molecule has 0 unspecified atom stereocenters. The monoisotopic (exact) mass is 387 g/mol. The Morgan fingerprint density at radius 1 is 1.26 bits per heavy atom. The van der Waals surface area contributed by atoms with E-state index in [9.17, 15) is 9.59 Å². The summed E-state index contributed by atoms with van der Waals surface area (Å²) >= 11 is 1.41. The summed E-state index contributed by atoms with van der Waals surface area (Å²) in [6, 6.07) is 8.15. The number of aryl methyl sites for hydroxylation is 1. The first-order valence-electron chi connectivity index (χ1n) is 9.19. The summed E-state index contributed by atoms with van der Waals surface area (Å²) in [5.74, 6) is 0.815. The van der Waals surface area contributed by atoms with E-state index in [0.717, 1.165) is 23.1 Å². The van der Waals surface area contributed by atoms with Crippen molar-refractivity contribution in [1.29, 1.82) is 0 Å². The molecule has 2 N–H and O–H groups in total. The molecule has 3 rings (SSSR count). The molecule has 0 atom stereocenters. The van der Waals surface area contributed by atoms with Gasteiger partial charge >= 0.3 is 0 Å². The van der Waals surface area contributed by atoms with Crippen LogP contribution < -0.4 is 5.73 Å². The first-order chi connectivity index (χ1) is 13.0. The van der Waals surface area contributed by atoms with Crippen molar-refractivity contribution >= 4 is 23.6 Å². The number of amides is 2. The second kappa shape index (κ2) is 8.56. The highest BCUT2D eigenvalue weighted by Gasteiger charge is 2.26. The van der Waals surface area contributed by atoms with Crippen LogP contribution >= 0.6 is 11.8 Å². The van der Waals surface area contributed by atoms with Gasteiger partial charge < -0.3 is 15.2 Å². The Labute approximate surface area is 163 Å². The summed E-state index contributed by atoms with van der Waals surface area (Å²) in [6.45, 7) is 6.00. The fraction of sp³-hybridized carbons (Fsp3) is 0.474. The van der Waals surface area contributed by atoms with Gasteiger partial charge in [0.2, 0.25) is 11.8 Å². The first-order valence-corrected chi connectivity index (χ1v) is 10.2. The number of primary amides is 1. The molecule has 0 radical (unpaired) electrons. The smallest absolute Gasteiger partial charge is 0.233 e. The molecule has 1 saturated heterocycles. The van der Waals surface area contributed by atoms with Crippen LogP contribution in [0.15, 0.2) is 29.4 Å². The standard InChI is InChI=1S/C19H25N5O2S/c1-3-24-18(15-6-4-5-13(2)11-15)21-22-19(24)27-12-16(25)23-9-7-14(8-10-23)17(20)26/h4-6,11,14H,3,7-10,12H2,1-2H3,(H2,20,26). The molecule has 144 valence electrons. The van der Waals surface area contributed by atoms with Crippen molar-refractivity contribution in [2.24, 2.45) is 11.7 Å². The van der Waals surface area contributed by atoms with Crippen LogP contribution in [0.2, 0.25) is 0 Å². The number of nitrogens with two attached hydrogens (primary N) is 1. The zero-order valence-electron chi connectivity index (χ0n) is 15.7. The number of thioether (sulfide) groups is 1. The Bertz CT molecular complexity index is 827. The SMILES string of the molecule is CCn1c(SCC(=O)N2CCC(C(N)=O)CC2)nnc1-c1cccc(C)c1. The van der Waals surface area contributed by atoms with Gasteiger partial charge in [0, 0.05) is 31.1 Å². The summed E-state index contributed by atoms with van der Waals surface area (Å²) in [7, 11) is 0. The minimum Gasteiger partial charge on any atom is -0.369 e. The lowest BCUT2D eigenvalue weighted by atomic mass is 9.96. The summed E-state index contributed by atoms with van der Waals surface area (Å²) in [5, 5.41) is 9.37. The molecule has 1 aliphatic rings. The second-order valence-electron chi connectivity index (χ2n) is 6.77. The predicted octanol–water partition coefficient (Wildman–Crippen LogP) is 2.09. The van der Waals surface area contributed by atoms with Gasteiger partial charge in [-0.15, -0.1) is 10.2 Å². The van der Waals surface area contributed by atoms with Crippen molar-refractivity contribution in [3.63, 3.8) is 0 Å². The zero-order valence-corrected chi connectivity index (χ0v) is 16.5. The third-order valence-corrected chi connectivity index (χ3v) is 5.84. The first kappa shape index (κ1) is 19.4. The Balaban J connectivity index is 1.63. The molecule has 1 aromatic carbocycles. The van der Waals surface area contributed by atoms with Crippen LogP contribution in [0.4, 0.5) is 0 Å². The molecular weight excluding hydrogens is 362 g/mol. The molecule has 27 heavy (non-hydrogen) atoms. The van der Waals surface area contributed by atoms with Gasteiger partial charge in [0.15, 0.2) is 11.0 Å². The number of likely N-dealkylation sites (tertiary alicyclic amines) is 1. The van der Waals surface area contributed by atoms with Gasteiger partial charge in [-0.05, 0) is 32.8 Å². The number of piperidine rings is 1. The molecule has 2 aromatic rings. The van der Waals surface area contributed by atoms with Crippen molar-refractivity contribution in [3.05, 3.63) is 29.8 Å². The number of hydrogen-bond acceptors (Lipinski definition) is 5. The summed E-state index contributed by atoms with van der Waals surface area (Å²) < 4.78 is 2.03. The maximum atomic E-state index is 12.5. The Morgan fingerprint density at radius 3 is 2.63 bits per heavy atom. The van der Waals surface area contributed by atoms with E-state index in [0.29, 0.717) is 31.7 Å². The molecule has 2 amide bonds. The van der Waals surface area contributed by atoms with Crippen molar-refractivity contribution in [3.8, 4) is 11.4 Å². The van der Waals surface area contributed by atoms with Gasteiger partial charge in [-0.2, -0.15) is 0 Å². The molecule has 8 heteroatoms. The maximum absolute atomic E-state index is 12.5. The third-order valence-electron chi connectivity index (χ3n) is 4.88. The van der Waals surface area contributed by atoms with Gasteiger partial charge in [0.25, 0.3) is 0 Å². The van der Waals surface area contributed by atoms with E-state index in [2.05, 4.69) is 16.3 Å². The van der Waals surface area contributed by atoms with E-state index < -0.39 is 0 Å². The van der Waals surface area contributed by atoms with E-state index in [-0.39, 0.29) is 17.7 Å². The topological polar surface area (TPSA) is 94.1 Å². The number of rotatable bonds is 6. The summed E-state index contributed by atoms with van der Waals surface area (Å²) in [4.78, 5) is 25.6. The van der Waals surface area contributed by atoms with Crippen LogP contribution in [0.1, 0.15) is 25.3 Å². The lowest BCUT2D eigenvalue weighted by Gasteiger charge is -2.30. The third kappa shape index (κ3) is 4.50. The van der Waals surface area contributed by atoms with Gasteiger partial charge in [-0.3, -0.25) is 9.59 Å². The number of hydrogen-bond donors (Lipinski definition) is 1. The summed E-state index contributed by atoms with van der Waals surface area (Å²) in [6.07, 6.45) is 1.29. The van der Waals surface area contributed by atoms with Crippen molar-refractivity contribution < 1.29 is 9.59 Å². The largest absolute Gasteiger partial charge is 0.369 e. The van der Waals surface area contributed by atoms with Crippen LogP contribution in [-0.4, -0.2) is 50.3 Å². The van der Waals surface area contributed by atoms with Gasteiger partial charge in [0.05, 0.1) is 5.75 Å². The number of nitrogens with zero attached hydrogens (tertiary/aromatic N) is 4.